The average molecular weight is 335 g/mol. The summed E-state index contributed by atoms with van der Waals surface area (Å²) >= 11 is 0. The highest BCUT2D eigenvalue weighted by Crippen LogP contribution is 2.68. The van der Waals surface area contributed by atoms with E-state index in [0.717, 1.165) is 19.3 Å². The fourth-order valence-electron chi connectivity index (χ4n) is 7.58. The first kappa shape index (κ1) is 17.1. The first-order valence-electron chi connectivity index (χ1n) is 10.0. The average Bonchev–Trinajstić information content (AvgIpc) is 2.87. The Bertz CT molecular complexity index is 557. The van der Waals surface area contributed by atoms with E-state index in [1.54, 1.807) is 5.57 Å². The molecule has 4 aliphatic carbocycles. The normalized spacial score (nSPS) is 58.9. The molecule has 0 radical (unpaired) electrons. The SMILES string of the molecule is C/C=C1\CCC2C3C[C@@H](O)[C@@]4(O)C[C@@H](O)CC[C@]4(C)C3CC[C@]12C. The zero-order valence-corrected chi connectivity index (χ0v) is 15.5. The molecule has 0 aromatic heterocycles. The van der Waals surface area contributed by atoms with Crippen LogP contribution in [0.25, 0.3) is 0 Å². The van der Waals surface area contributed by atoms with Gasteiger partial charge in [0.15, 0.2) is 0 Å². The molecule has 0 bridgehead atoms. The Morgan fingerprint density at radius 1 is 1.04 bits per heavy atom. The number of aliphatic hydroxyl groups is 3. The molecule has 0 saturated heterocycles. The molecule has 4 aliphatic rings. The lowest BCUT2D eigenvalue weighted by atomic mass is 9.43. The van der Waals surface area contributed by atoms with E-state index in [2.05, 4.69) is 26.8 Å². The Kier molecular flexibility index (Phi) is 3.77. The van der Waals surface area contributed by atoms with Crippen molar-refractivity contribution < 1.29 is 15.3 Å². The van der Waals surface area contributed by atoms with Crippen molar-refractivity contribution in [1.29, 1.82) is 0 Å². The van der Waals surface area contributed by atoms with E-state index in [-0.39, 0.29) is 5.41 Å². The van der Waals surface area contributed by atoms with Crippen molar-refractivity contribution in [2.24, 2.45) is 28.6 Å². The Labute approximate surface area is 146 Å². The van der Waals surface area contributed by atoms with Crippen molar-refractivity contribution in [2.45, 2.75) is 89.9 Å². The minimum Gasteiger partial charge on any atom is -0.393 e. The summed E-state index contributed by atoms with van der Waals surface area (Å²) in [5, 5.41) is 32.5. The van der Waals surface area contributed by atoms with Crippen LogP contribution in [-0.4, -0.2) is 33.1 Å². The molecule has 0 amide bonds. The lowest BCUT2D eigenvalue weighted by Gasteiger charge is -2.65. The molecule has 0 heterocycles. The van der Waals surface area contributed by atoms with Gasteiger partial charge in [0.1, 0.15) is 0 Å². The second kappa shape index (κ2) is 5.31. The summed E-state index contributed by atoms with van der Waals surface area (Å²) in [4.78, 5) is 0. The Morgan fingerprint density at radius 2 is 1.79 bits per heavy atom. The summed E-state index contributed by atoms with van der Waals surface area (Å²) in [5.41, 5.74) is 0.553. The Balaban J connectivity index is 1.72. The third kappa shape index (κ3) is 1.95. The van der Waals surface area contributed by atoms with E-state index >= 15 is 0 Å². The van der Waals surface area contributed by atoms with Gasteiger partial charge in [0.25, 0.3) is 0 Å². The van der Waals surface area contributed by atoms with Crippen LogP contribution in [0.1, 0.15) is 72.1 Å². The molecule has 3 unspecified atom stereocenters. The molecule has 8 atom stereocenters. The third-order valence-corrected chi connectivity index (χ3v) is 9.03. The van der Waals surface area contributed by atoms with Gasteiger partial charge >= 0.3 is 0 Å². The van der Waals surface area contributed by atoms with Gasteiger partial charge in [-0.3, -0.25) is 0 Å². The largest absolute Gasteiger partial charge is 0.393 e. The molecule has 136 valence electrons. The molecule has 3 nitrogen and oxygen atoms in total. The predicted octanol–water partition coefficient (Wildman–Crippen LogP) is 3.42. The molecule has 3 heteroatoms. The molecule has 3 N–H and O–H groups in total. The van der Waals surface area contributed by atoms with E-state index < -0.39 is 17.8 Å². The first-order chi connectivity index (χ1) is 11.3. The number of hydrogen-bond donors (Lipinski definition) is 3. The van der Waals surface area contributed by atoms with E-state index in [4.69, 9.17) is 0 Å². The van der Waals surface area contributed by atoms with Crippen molar-refractivity contribution in [1.82, 2.24) is 0 Å². The molecule has 4 rings (SSSR count). The molecule has 0 aromatic rings. The highest BCUT2D eigenvalue weighted by atomic mass is 16.3. The zero-order valence-electron chi connectivity index (χ0n) is 15.5. The van der Waals surface area contributed by atoms with Crippen molar-refractivity contribution in [2.75, 3.05) is 0 Å². The van der Waals surface area contributed by atoms with Gasteiger partial charge in [-0.1, -0.05) is 25.5 Å². The number of aliphatic hydroxyl groups excluding tert-OH is 2. The highest BCUT2D eigenvalue weighted by Gasteiger charge is 2.66. The molecular weight excluding hydrogens is 300 g/mol. The topological polar surface area (TPSA) is 60.7 Å². The molecule has 4 saturated carbocycles. The van der Waals surface area contributed by atoms with Crippen molar-refractivity contribution in [3.8, 4) is 0 Å². The maximum Gasteiger partial charge on any atom is 0.0985 e. The van der Waals surface area contributed by atoms with Gasteiger partial charge in [-0.25, -0.2) is 0 Å². The fourth-order valence-corrected chi connectivity index (χ4v) is 7.58. The number of hydrogen-bond acceptors (Lipinski definition) is 3. The maximum absolute atomic E-state index is 11.4. The van der Waals surface area contributed by atoms with Crippen LogP contribution in [0.3, 0.4) is 0 Å². The van der Waals surface area contributed by atoms with Crippen LogP contribution >= 0.6 is 0 Å². The van der Waals surface area contributed by atoms with Gasteiger partial charge in [0, 0.05) is 11.8 Å². The molecule has 24 heavy (non-hydrogen) atoms. The Hall–Kier alpha value is -0.380. The third-order valence-electron chi connectivity index (χ3n) is 9.03. The molecule has 0 spiro atoms. The second-order valence-corrected chi connectivity index (χ2v) is 9.68. The van der Waals surface area contributed by atoms with Gasteiger partial charge in [-0.15, -0.1) is 0 Å². The van der Waals surface area contributed by atoms with Crippen LogP contribution in [0.4, 0.5) is 0 Å². The van der Waals surface area contributed by atoms with Gasteiger partial charge in [-0.05, 0) is 75.0 Å². The minimum atomic E-state index is -1.11. The van der Waals surface area contributed by atoms with E-state index in [0.29, 0.717) is 36.0 Å². The van der Waals surface area contributed by atoms with Crippen molar-refractivity contribution >= 4 is 0 Å². The second-order valence-electron chi connectivity index (χ2n) is 9.68. The smallest absolute Gasteiger partial charge is 0.0985 e. The summed E-state index contributed by atoms with van der Waals surface area (Å²) in [6.45, 7) is 6.82. The molecular formula is C21H34O3. The summed E-state index contributed by atoms with van der Waals surface area (Å²) in [6.07, 6.45) is 8.61. The first-order valence-corrected chi connectivity index (χ1v) is 10.0. The molecule has 0 aliphatic heterocycles. The van der Waals surface area contributed by atoms with Crippen LogP contribution in [-0.2, 0) is 0 Å². The quantitative estimate of drug-likeness (QED) is 0.595. The standard InChI is InChI=1S/C21H34O3/c1-4-13-5-6-16-15-11-18(23)21(24)12-14(22)7-10-20(21,3)17(15)8-9-19(13,16)2/h4,14-18,22-24H,5-12H2,1-3H3/b13-4+/t14-,15?,16?,17?,18+,19+,20+,21-/m0/s1. The molecule has 4 fully saturated rings. The van der Waals surface area contributed by atoms with Crippen LogP contribution in [0, 0.1) is 28.6 Å². The van der Waals surface area contributed by atoms with E-state index in [9.17, 15) is 15.3 Å². The van der Waals surface area contributed by atoms with Crippen LogP contribution in [0.5, 0.6) is 0 Å². The van der Waals surface area contributed by atoms with Gasteiger partial charge in [0.2, 0.25) is 0 Å². The summed E-state index contributed by atoms with van der Waals surface area (Å²) in [6, 6.07) is 0. The lowest BCUT2D eigenvalue weighted by molar-refractivity contribution is -0.262. The summed E-state index contributed by atoms with van der Waals surface area (Å²) < 4.78 is 0. The van der Waals surface area contributed by atoms with Gasteiger partial charge in [0.05, 0.1) is 17.8 Å². The summed E-state index contributed by atoms with van der Waals surface area (Å²) in [7, 11) is 0. The van der Waals surface area contributed by atoms with Crippen LogP contribution in [0.15, 0.2) is 11.6 Å². The number of allylic oxidation sites excluding steroid dienone is 2. The Morgan fingerprint density at radius 3 is 2.50 bits per heavy atom. The van der Waals surface area contributed by atoms with Crippen molar-refractivity contribution in [3.05, 3.63) is 11.6 Å². The van der Waals surface area contributed by atoms with Crippen LogP contribution in [0.2, 0.25) is 0 Å². The fraction of sp³-hybridized carbons (Fsp3) is 0.905. The lowest BCUT2D eigenvalue weighted by Crippen LogP contribution is -2.68. The maximum atomic E-state index is 11.4. The highest BCUT2D eigenvalue weighted by molar-refractivity contribution is 5.25. The van der Waals surface area contributed by atoms with Crippen molar-refractivity contribution in [3.63, 3.8) is 0 Å². The van der Waals surface area contributed by atoms with E-state index in [1.807, 2.05) is 0 Å². The van der Waals surface area contributed by atoms with Gasteiger partial charge in [-0.2, -0.15) is 0 Å². The predicted molar refractivity (Wildman–Crippen MR) is 94.3 cm³/mol. The number of rotatable bonds is 0. The van der Waals surface area contributed by atoms with E-state index in [1.165, 1.54) is 19.3 Å². The summed E-state index contributed by atoms with van der Waals surface area (Å²) in [5.74, 6) is 1.63. The monoisotopic (exact) mass is 334 g/mol. The van der Waals surface area contributed by atoms with Gasteiger partial charge < -0.3 is 15.3 Å². The minimum absolute atomic E-state index is 0.255. The number of fused-ring (bicyclic) bond motifs is 5. The molecule has 0 aromatic carbocycles. The zero-order chi connectivity index (χ0) is 17.3. The van der Waals surface area contributed by atoms with Crippen LogP contribution < -0.4 is 0 Å².